The number of hydrogen-bond donors (Lipinski definition) is 2. The average molecular weight is 405 g/mol. The molecule has 0 unspecified atom stereocenters. The predicted octanol–water partition coefficient (Wildman–Crippen LogP) is 3.95. The first-order valence-electron chi connectivity index (χ1n) is 9.13. The first kappa shape index (κ1) is 18.8. The number of nitrogens with one attached hydrogen (secondary N) is 2. The molecule has 0 aliphatic carbocycles. The topological polar surface area (TPSA) is 92.7 Å². The number of nitrogens with zero attached hydrogens (tertiary/aromatic N) is 3. The number of aromatic nitrogens is 4. The highest BCUT2D eigenvalue weighted by atomic mass is 32.1. The Kier molecular flexibility index (Phi) is 5.09. The van der Waals surface area contributed by atoms with Crippen molar-refractivity contribution in [1.82, 2.24) is 19.7 Å². The van der Waals surface area contributed by atoms with E-state index in [9.17, 15) is 9.59 Å². The Morgan fingerprint density at radius 3 is 2.59 bits per heavy atom. The molecule has 0 fully saturated rings. The van der Waals surface area contributed by atoms with Crippen molar-refractivity contribution < 1.29 is 4.79 Å². The van der Waals surface area contributed by atoms with Gasteiger partial charge in [-0.2, -0.15) is 9.78 Å². The van der Waals surface area contributed by atoms with Crippen molar-refractivity contribution >= 4 is 23.1 Å². The summed E-state index contributed by atoms with van der Waals surface area (Å²) in [5.41, 5.74) is 1.73. The van der Waals surface area contributed by atoms with Crippen LogP contribution in [0.5, 0.6) is 0 Å². The van der Waals surface area contributed by atoms with Crippen LogP contribution in [0, 0.1) is 5.92 Å². The minimum Gasteiger partial charge on any atom is -0.310 e. The zero-order valence-electron chi connectivity index (χ0n) is 15.9. The molecule has 8 heteroatoms. The van der Waals surface area contributed by atoms with Crippen molar-refractivity contribution in [2.75, 3.05) is 5.32 Å². The second-order valence-corrected chi connectivity index (χ2v) is 7.72. The summed E-state index contributed by atoms with van der Waals surface area (Å²) in [7, 11) is 0. The molecule has 0 spiro atoms. The molecule has 3 aromatic heterocycles. The first-order chi connectivity index (χ1) is 14.0. The molecule has 1 aromatic carbocycles. The Morgan fingerprint density at radius 2 is 1.90 bits per heavy atom. The minimum absolute atomic E-state index is 0.148. The summed E-state index contributed by atoms with van der Waals surface area (Å²) in [5.74, 6) is 0.329. The van der Waals surface area contributed by atoms with Gasteiger partial charge < -0.3 is 5.32 Å². The Morgan fingerprint density at radius 1 is 1.10 bits per heavy atom. The van der Waals surface area contributed by atoms with Crippen LogP contribution in [0.3, 0.4) is 0 Å². The molecule has 0 bridgehead atoms. The summed E-state index contributed by atoms with van der Waals surface area (Å²) < 4.78 is 1.46. The molecule has 29 heavy (non-hydrogen) atoms. The van der Waals surface area contributed by atoms with E-state index in [0.717, 1.165) is 10.4 Å². The number of amides is 1. The molecule has 7 nitrogen and oxygen atoms in total. The fourth-order valence-corrected chi connectivity index (χ4v) is 3.43. The van der Waals surface area contributed by atoms with Gasteiger partial charge in [0.05, 0.1) is 10.6 Å². The molecule has 4 aromatic rings. The normalized spacial score (nSPS) is 11.0. The van der Waals surface area contributed by atoms with E-state index in [1.807, 2.05) is 61.7 Å². The maximum absolute atomic E-state index is 12.3. The van der Waals surface area contributed by atoms with Gasteiger partial charge in [0, 0.05) is 23.6 Å². The van der Waals surface area contributed by atoms with E-state index in [1.54, 1.807) is 17.4 Å². The van der Waals surface area contributed by atoms with E-state index in [-0.39, 0.29) is 23.3 Å². The van der Waals surface area contributed by atoms with E-state index in [4.69, 9.17) is 0 Å². The number of carbonyl (C=O) groups is 1. The lowest BCUT2D eigenvalue weighted by Gasteiger charge is -2.10. The number of anilines is 1. The van der Waals surface area contributed by atoms with Crippen LogP contribution in [0.2, 0.25) is 0 Å². The number of benzene rings is 1. The molecule has 146 valence electrons. The number of rotatable bonds is 5. The minimum atomic E-state index is -0.303. The van der Waals surface area contributed by atoms with Gasteiger partial charge in [0.15, 0.2) is 0 Å². The molecule has 0 aliphatic heterocycles. The molecule has 1 amide bonds. The second kappa shape index (κ2) is 7.84. The molecule has 2 N–H and O–H groups in total. The van der Waals surface area contributed by atoms with Crippen LogP contribution in [-0.4, -0.2) is 25.7 Å². The van der Waals surface area contributed by atoms with Gasteiger partial charge >= 0.3 is 0 Å². The number of aromatic amines is 1. The molecule has 0 atom stereocenters. The number of hydrogen-bond acceptors (Lipinski definition) is 5. The van der Waals surface area contributed by atoms with Crippen LogP contribution < -0.4 is 10.9 Å². The molecule has 4 rings (SSSR count). The van der Waals surface area contributed by atoms with Crippen molar-refractivity contribution in [2.45, 2.75) is 13.8 Å². The Labute approximate surface area is 171 Å². The van der Waals surface area contributed by atoms with Gasteiger partial charge in [0.2, 0.25) is 11.9 Å². The first-order valence-corrected chi connectivity index (χ1v) is 10.0. The smallest absolute Gasteiger partial charge is 0.252 e. The fraction of sp³-hybridized carbons (Fsp3) is 0.143. The van der Waals surface area contributed by atoms with Crippen LogP contribution in [0.4, 0.5) is 5.82 Å². The third kappa shape index (κ3) is 4.02. The summed E-state index contributed by atoms with van der Waals surface area (Å²) >= 11 is 1.54. The fourth-order valence-electron chi connectivity index (χ4n) is 2.75. The molecular weight excluding hydrogens is 386 g/mol. The molecule has 3 heterocycles. The summed E-state index contributed by atoms with van der Waals surface area (Å²) in [4.78, 5) is 32.9. The zero-order valence-corrected chi connectivity index (χ0v) is 16.7. The van der Waals surface area contributed by atoms with Gasteiger partial charge in [-0.25, -0.2) is 4.98 Å². The Balaban J connectivity index is 1.84. The lowest BCUT2D eigenvalue weighted by molar-refractivity contribution is -0.118. The monoisotopic (exact) mass is 405 g/mol. The average Bonchev–Trinajstić information content (AvgIpc) is 3.38. The van der Waals surface area contributed by atoms with Gasteiger partial charge in [0.1, 0.15) is 11.5 Å². The van der Waals surface area contributed by atoms with Crippen LogP contribution in [-0.2, 0) is 4.79 Å². The molecular formula is C21H19N5O2S. The Bertz CT molecular complexity index is 1190. The summed E-state index contributed by atoms with van der Waals surface area (Å²) in [6.07, 6.45) is 0. The summed E-state index contributed by atoms with van der Waals surface area (Å²) in [6, 6.07) is 16.5. The third-order valence-electron chi connectivity index (χ3n) is 4.26. The van der Waals surface area contributed by atoms with Crippen molar-refractivity contribution in [3.8, 4) is 27.8 Å². The highest BCUT2D eigenvalue weighted by Gasteiger charge is 2.18. The number of carbonyl (C=O) groups excluding carboxylic acids is 1. The lowest BCUT2D eigenvalue weighted by Crippen LogP contribution is -2.21. The Hall–Kier alpha value is -3.52. The quantitative estimate of drug-likeness (QED) is 0.526. The van der Waals surface area contributed by atoms with E-state index < -0.39 is 0 Å². The van der Waals surface area contributed by atoms with Crippen LogP contribution in [0.15, 0.2) is 64.8 Å². The molecule has 0 saturated heterocycles. The maximum atomic E-state index is 12.3. The van der Waals surface area contributed by atoms with Crippen molar-refractivity contribution in [2.24, 2.45) is 5.92 Å². The summed E-state index contributed by atoms with van der Waals surface area (Å²) in [5, 5.41) is 9.42. The standard InChI is InChI=1S/C21H19N5O2S/c1-13(2)20(28)23-18-11-16(17-9-6-10-29-17)25-26(18)21-22-15(12-19(27)24-21)14-7-4-3-5-8-14/h3-13H,1-2H3,(H,23,28)(H,22,24,27). The highest BCUT2D eigenvalue weighted by Crippen LogP contribution is 2.28. The zero-order chi connectivity index (χ0) is 20.4. The molecule has 0 radical (unpaired) electrons. The van der Waals surface area contributed by atoms with E-state index >= 15 is 0 Å². The summed E-state index contributed by atoms with van der Waals surface area (Å²) in [6.45, 7) is 3.62. The van der Waals surface area contributed by atoms with Gasteiger partial charge in [-0.3, -0.25) is 14.6 Å². The SMILES string of the molecule is CC(C)C(=O)Nc1cc(-c2cccs2)nn1-c1nc(-c2ccccc2)cc(=O)[nH]1. The maximum Gasteiger partial charge on any atom is 0.252 e. The largest absolute Gasteiger partial charge is 0.310 e. The number of thiophene rings is 1. The van der Waals surface area contributed by atoms with Gasteiger partial charge in [0.25, 0.3) is 5.56 Å². The second-order valence-electron chi connectivity index (χ2n) is 6.77. The predicted molar refractivity (Wildman–Crippen MR) is 114 cm³/mol. The highest BCUT2D eigenvalue weighted by molar-refractivity contribution is 7.13. The van der Waals surface area contributed by atoms with Gasteiger partial charge in [-0.05, 0) is 11.4 Å². The number of H-pyrrole nitrogens is 1. The van der Waals surface area contributed by atoms with E-state index in [0.29, 0.717) is 17.2 Å². The van der Waals surface area contributed by atoms with Crippen molar-refractivity contribution in [3.05, 3.63) is 70.3 Å². The van der Waals surface area contributed by atoms with E-state index in [2.05, 4.69) is 20.4 Å². The molecule has 0 aliphatic rings. The third-order valence-corrected chi connectivity index (χ3v) is 5.15. The molecule has 0 saturated carbocycles. The van der Waals surface area contributed by atoms with Crippen molar-refractivity contribution in [1.29, 1.82) is 0 Å². The van der Waals surface area contributed by atoms with Crippen LogP contribution in [0.25, 0.3) is 27.8 Å². The van der Waals surface area contributed by atoms with Crippen LogP contribution >= 0.6 is 11.3 Å². The lowest BCUT2D eigenvalue weighted by atomic mass is 10.1. The van der Waals surface area contributed by atoms with Crippen molar-refractivity contribution in [3.63, 3.8) is 0 Å². The van der Waals surface area contributed by atoms with Crippen LogP contribution in [0.1, 0.15) is 13.8 Å². The van der Waals surface area contributed by atoms with Gasteiger partial charge in [-0.1, -0.05) is 50.2 Å². The van der Waals surface area contributed by atoms with Gasteiger partial charge in [-0.15, -0.1) is 11.3 Å². The van der Waals surface area contributed by atoms with E-state index in [1.165, 1.54) is 10.7 Å².